The zero-order valence-corrected chi connectivity index (χ0v) is 12.6. The fourth-order valence-electron chi connectivity index (χ4n) is 2.48. The number of benzene rings is 1. The van der Waals surface area contributed by atoms with Gasteiger partial charge in [-0.3, -0.25) is 9.59 Å². The van der Waals surface area contributed by atoms with E-state index in [1.54, 1.807) is 21.9 Å². The van der Waals surface area contributed by atoms with Crippen LogP contribution in [0.5, 0.6) is 0 Å². The van der Waals surface area contributed by atoms with Gasteiger partial charge in [0.15, 0.2) is 0 Å². The molecule has 1 aliphatic heterocycles. The first-order valence-corrected chi connectivity index (χ1v) is 7.03. The van der Waals surface area contributed by atoms with Crippen LogP contribution in [0.3, 0.4) is 0 Å². The molecule has 0 unspecified atom stereocenters. The Kier molecular flexibility index (Phi) is 4.27. The van der Waals surface area contributed by atoms with E-state index in [0.29, 0.717) is 25.2 Å². The maximum atomic E-state index is 12.2. The van der Waals surface area contributed by atoms with Crippen molar-refractivity contribution in [2.45, 2.75) is 33.4 Å². The molecule has 1 aromatic carbocycles. The van der Waals surface area contributed by atoms with Crippen LogP contribution in [-0.4, -0.2) is 40.7 Å². The molecule has 2 rings (SSSR count). The Labute approximate surface area is 124 Å². The second-order valence-electron chi connectivity index (χ2n) is 5.57. The van der Waals surface area contributed by atoms with Crippen LogP contribution >= 0.6 is 0 Å². The summed E-state index contributed by atoms with van der Waals surface area (Å²) >= 11 is 0. The molecule has 0 saturated carbocycles. The van der Waals surface area contributed by atoms with Crippen LogP contribution in [0.15, 0.2) is 18.2 Å². The van der Waals surface area contributed by atoms with E-state index in [9.17, 15) is 9.59 Å². The number of hydrogen-bond donors (Lipinski definition) is 0. The summed E-state index contributed by atoms with van der Waals surface area (Å²) in [5.41, 5.74) is 2.53. The van der Waals surface area contributed by atoms with E-state index in [1.807, 2.05) is 26.8 Å². The highest BCUT2D eigenvalue weighted by Crippen LogP contribution is 2.16. The number of amides is 2. The second kappa shape index (κ2) is 5.96. The normalized spacial score (nSPS) is 15.6. The molecular weight excluding hydrogens is 266 g/mol. The molecule has 5 nitrogen and oxygen atoms in total. The first-order valence-electron chi connectivity index (χ1n) is 7.03. The Morgan fingerprint density at radius 3 is 2.52 bits per heavy atom. The van der Waals surface area contributed by atoms with E-state index in [0.717, 1.165) is 11.1 Å². The van der Waals surface area contributed by atoms with Gasteiger partial charge >= 0.3 is 11.8 Å². The van der Waals surface area contributed by atoms with E-state index in [-0.39, 0.29) is 6.04 Å². The molecule has 0 bridgehead atoms. The fourth-order valence-corrected chi connectivity index (χ4v) is 2.48. The summed E-state index contributed by atoms with van der Waals surface area (Å²) in [6, 6.07) is 7.51. The molecule has 0 radical (unpaired) electrons. The number of piperazine rings is 1. The molecule has 21 heavy (non-hydrogen) atoms. The van der Waals surface area contributed by atoms with Gasteiger partial charge in [0, 0.05) is 25.7 Å². The lowest BCUT2D eigenvalue weighted by Crippen LogP contribution is -2.55. The van der Waals surface area contributed by atoms with Gasteiger partial charge in [0.05, 0.1) is 11.6 Å². The molecule has 1 heterocycles. The second-order valence-corrected chi connectivity index (χ2v) is 5.57. The van der Waals surface area contributed by atoms with Crippen LogP contribution in [0.4, 0.5) is 0 Å². The number of aryl methyl sites for hydroxylation is 1. The van der Waals surface area contributed by atoms with E-state index in [2.05, 4.69) is 6.07 Å². The molecule has 110 valence electrons. The number of nitrogens with zero attached hydrogens (tertiary/aromatic N) is 3. The van der Waals surface area contributed by atoms with Crippen LogP contribution in [0, 0.1) is 18.3 Å². The highest BCUT2D eigenvalue weighted by atomic mass is 16.2. The number of carbonyl (C=O) groups excluding carboxylic acids is 2. The van der Waals surface area contributed by atoms with Crippen LogP contribution in [0.1, 0.15) is 30.5 Å². The molecule has 2 amide bonds. The lowest BCUT2D eigenvalue weighted by atomic mass is 10.0. The molecule has 1 fully saturated rings. The van der Waals surface area contributed by atoms with E-state index in [4.69, 9.17) is 5.26 Å². The van der Waals surface area contributed by atoms with Crippen LogP contribution < -0.4 is 0 Å². The third-order valence-corrected chi connectivity index (χ3v) is 3.80. The summed E-state index contributed by atoms with van der Waals surface area (Å²) < 4.78 is 0. The van der Waals surface area contributed by atoms with Gasteiger partial charge < -0.3 is 9.80 Å². The Morgan fingerprint density at radius 2 is 1.95 bits per heavy atom. The predicted octanol–water partition coefficient (Wildman–Crippen LogP) is 1.45. The smallest absolute Gasteiger partial charge is 0.312 e. The molecule has 5 heteroatoms. The summed E-state index contributed by atoms with van der Waals surface area (Å²) in [5.74, 6) is -0.874. The average molecular weight is 285 g/mol. The summed E-state index contributed by atoms with van der Waals surface area (Å²) in [6.45, 7) is 7.25. The summed E-state index contributed by atoms with van der Waals surface area (Å²) in [5, 5.41) is 8.87. The van der Waals surface area contributed by atoms with Crippen molar-refractivity contribution in [3.63, 3.8) is 0 Å². The zero-order chi connectivity index (χ0) is 15.6. The molecule has 0 aliphatic carbocycles. The third kappa shape index (κ3) is 3.05. The molecule has 0 spiro atoms. The Bertz CT molecular complexity index is 616. The Hall–Kier alpha value is -2.35. The van der Waals surface area contributed by atoms with Gasteiger partial charge in [0.2, 0.25) is 0 Å². The standard InChI is InChI=1S/C16H19N3O2/c1-11(2)19-7-6-18(15(20)16(19)21)10-14-5-4-13(9-17)8-12(14)3/h4-5,8,11H,6-7,10H2,1-3H3. The third-order valence-electron chi connectivity index (χ3n) is 3.80. The molecule has 0 aromatic heterocycles. The molecular formula is C16H19N3O2. The van der Waals surface area contributed by atoms with E-state index < -0.39 is 11.8 Å². The molecule has 1 aromatic rings. The number of rotatable bonds is 3. The van der Waals surface area contributed by atoms with Gasteiger partial charge in [-0.05, 0) is 44.0 Å². The van der Waals surface area contributed by atoms with Crippen molar-refractivity contribution >= 4 is 11.8 Å². The Balaban J connectivity index is 2.13. The maximum Gasteiger partial charge on any atom is 0.312 e. The minimum atomic E-state index is -0.446. The van der Waals surface area contributed by atoms with Crippen molar-refractivity contribution in [2.24, 2.45) is 0 Å². The topological polar surface area (TPSA) is 64.4 Å². The summed E-state index contributed by atoms with van der Waals surface area (Å²) in [7, 11) is 0. The van der Waals surface area contributed by atoms with Gasteiger partial charge in [-0.15, -0.1) is 0 Å². The zero-order valence-electron chi connectivity index (χ0n) is 12.6. The van der Waals surface area contributed by atoms with Crippen molar-refractivity contribution in [1.82, 2.24) is 9.80 Å². The lowest BCUT2D eigenvalue weighted by Gasteiger charge is -2.36. The highest BCUT2D eigenvalue weighted by molar-refractivity contribution is 6.35. The molecule has 0 atom stereocenters. The van der Waals surface area contributed by atoms with Gasteiger partial charge in [-0.1, -0.05) is 6.07 Å². The highest BCUT2D eigenvalue weighted by Gasteiger charge is 2.33. The number of nitriles is 1. The molecule has 0 N–H and O–H groups in total. The maximum absolute atomic E-state index is 12.2. The van der Waals surface area contributed by atoms with Crippen LogP contribution in [0.25, 0.3) is 0 Å². The monoisotopic (exact) mass is 285 g/mol. The van der Waals surface area contributed by atoms with E-state index in [1.165, 1.54) is 0 Å². The first-order chi connectivity index (χ1) is 9.93. The van der Waals surface area contributed by atoms with Gasteiger partial charge in [-0.2, -0.15) is 5.26 Å². The molecule has 1 saturated heterocycles. The van der Waals surface area contributed by atoms with Gasteiger partial charge in [-0.25, -0.2) is 0 Å². The Morgan fingerprint density at radius 1 is 1.24 bits per heavy atom. The van der Waals surface area contributed by atoms with Crippen molar-refractivity contribution in [3.8, 4) is 6.07 Å². The quantitative estimate of drug-likeness (QED) is 0.789. The average Bonchev–Trinajstić information content (AvgIpc) is 2.45. The van der Waals surface area contributed by atoms with Gasteiger partial charge in [0.25, 0.3) is 0 Å². The van der Waals surface area contributed by atoms with E-state index >= 15 is 0 Å². The van der Waals surface area contributed by atoms with Crippen LogP contribution in [-0.2, 0) is 16.1 Å². The largest absolute Gasteiger partial charge is 0.330 e. The van der Waals surface area contributed by atoms with Crippen molar-refractivity contribution in [1.29, 1.82) is 5.26 Å². The number of carbonyl (C=O) groups is 2. The van der Waals surface area contributed by atoms with Crippen LogP contribution in [0.2, 0.25) is 0 Å². The first kappa shape index (κ1) is 15.0. The SMILES string of the molecule is Cc1cc(C#N)ccc1CN1CCN(C(C)C)C(=O)C1=O. The minimum Gasteiger partial charge on any atom is -0.330 e. The summed E-state index contributed by atoms with van der Waals surface area (Å²) in [6.07, 6.45) is 0. The number of hydrogen-bond acceptors (Lipinski definition) is 3. The summed E-state index contributed by atoms with van der Waals surface area (Å²) in [4.78, 5) is 27.4. The minimum absolute atomic E-state index is 0.0419. The molecule has 1 aliphatic rings. The van der Waals surface area contributed by atoms with Gasteiger partial charge in [0.1, 0.15) is 0 Å². The van der Waals surface area contributed by atoms with Crippen molar-refractivity contribution in [2.75, 3.05) is 13.1 Å². The van der Waals surface area contributed by atoms with Crippen molar-refractivity contribution < 1.29 is 9.59 Å². The predicted molar refractivity (Wildman–Crippen MR) is 78.2 cm³/mol. The van der Waals surface area contributed by atoms with Crippen molar-refractivity contribution in [3.05, 3.63) is 34.9 Å². The fraction of sp³-hybridized carbons (Fsp3) is 0.438. The lowest BCUT2D eigenvalue weighted by molar-refractivity contribution is -0.157.